The molecular formula is C22H19FN4O2S2. The number of thiazole rings is 1. The molecule has 0 radical (unpaired) electrons. The highest BCUT2D eigenvalue weighted by molar-refractivity contribution is 7.98. The molecular weight excluding hydrogens is 435 g/mol. The van der Waals surface area contributed by atoms with Crippen LogP contribution in [0.25, 0.3) is 11.5 Å². The van der Waals surface area contributed by atoms with Crippen LogP contribution in [0.4, 0.5) is 15.2 Å². The van der Waals surface area contributed by atoms with Gasteiger partial charge in [0.05, 0.1) is 11.4 Å². The molecule has 6 nitrogen and oxygen atoms in total. The molecule has 9 heteroatoms. The Balaban J connectivity index is 1.44. The van der Waals surface area contributed by atoms with E-state index in [0.29, 0.717) is 27.6 Å². The van der Waals surface area contributed by atoms with Crippen LogP contribution < -0.4 is 4.90 Å². The van der Waals surface area contributed by atoms with E-state index in [0.717, 1.165) is 17.8 Å². The van der Waals surface area contributed by atoms with Crippen LogP contribution in [-0.2, 0) is 17.0 Å². The fraction of sp³-hybridized carbons (Fsp3) is 0.182. The molecule has 0 spiro atoms. The highest BCUT2D eigenvalue weighted by Crippen LogP contribution is 2.32. The summed E-state index contributed by atoms with van der Waals surface area (Å²) in [5.74, 6) is 0.429. The van der Waals surface area contributed by atoms with E-state index >= 15 is 0 Å². The average Bonchev–Trinajstić information content (AvgIpc) is 3.43. The minimum absolute atomic E-state index is 0.0985. The lowest BCUT2D eigenvalue weighted by Crippen LogP contribution is -2.22. The smallest absolute Gasteiger partial charge is 0.277 e. The standard InChI is InChI=1S/C22H19FN4O2S2/c1-3-15-4-10-19(11-5-15)27(14(2)28)21-24-18(12-30-21)13-31-22-26-25-20(29-22)16-6-8-17(23)9-7-16/h4-12H,3,13H2,1-2H3. The molecule has 0 aliphatic heterocycles. The summed E-state index contributed by atoms with van der Waals surface area (Å²) in [5.41, 5.74) is 3.47. The number of rotatable bonds is 7. The number of benzene rings is 2. The summed E-state index contributed by atoms with van der Waals surface area (Å²) < 4.78 is 18.7. The monoisotopic (exact) mass is 454 g/mol. The summed E-state index contributed by atoms with van der Waals surface area (Å²) in [5, 5.41) is 11.0. The molecule has 0 aliphatic rings. The summed E-state index contributed by atoms with van der Waals surface area (Å²) in [6.45, 7) is 3.62. The lowest BCUT2D eigenvalue weighted by atomic mass is 10.1. The van der Waals surface area contributed by atoms with Crippen LogP contribution in [0.5, 0.6) is 0 Å². The average molecular weight is 455 g/mol. The first-order valence-electron chi connectivity index (χ1n) is 9.59. The van der Waals surface area contributed by atoms with Crippen LogP contribution in [0.3, 0.4) is 0 Å². The number of hydrogen-bond acceptors (Lipinski definition) is 7. The van der Waals surface area contributed by atoms with Gasteiger partial charge in [-0.05, 0) is 48.4 Å². The number of aryl methyl sites for hydroxylation is 1. The van der Waals surface area contributed by atoms with Gasteiger partial charge in [-0.15, -0.1) is 21.5 Å². The van der Waals surface area contributed by atoms with Gasteiger partial charge in [0.15, 0.2) is 5.13 Å². The highest BCUT2D eigenvalue weighted by atomic mass is 32.2. The third-order valence-corrected chi connectivity index (χ3v) is 6.22. The summed E-state index contributed by atoms with van der Waals surface area (Å²) in [6, 6.07) is 13.8. The van der Waals surface area contributed by atoms with Crippen molar-refractivity contribution in [3.05, 3.63) is 71.0 Å². The number of carbonyl (C=O) groups is 1. The third-order valence-electron chi connectivity index (χ3n) is 4.49. The molecule has 2 aromatic carbocycles. The van der Waals surface area contributed by atoms with E-state index in [9.17, 15) is 9.18 Å². The second-order valence-electron chi connectivity index (χ2n) is 6.66. The van der Waals surface area contributed by atoms with Crippen LogP contribution >= 0.6 is 23.1 Å². The maximum Gasteiger partial charge on any atom is 0.277 e. The molecule has 2 heterocycles. The molecule has 158 valence electrons. The molecule has 0 fully saturated rings. The molecule has 2 aromatic heterocycles. The van der Waals surface area contributed by atoms with Gasteiger partial charge >= 0.3 is 0 Å². The first-order chi connectivity index (χ1) is 15.0. The van der Waals surface area contributed by atoms with Crippen molar-refractivity contribution in [1.29, 1.82) is 0 Å². The highest BCUT2D eigenvalue weighted by Gasteiger charge is 2.18. The van der Waals surface area contributed by atoms with Gasteiger partial charge in [0.25, 0.3) is 5.22 Å². The summed E-state index contributed by atoms with van der Waals surface area (Å²) in [7, 11) is 0. The Morgan fingerprint density at radius 3 is 2.55 bits per heavy atom. The maximum absolute atomic E-state index is 13.1. The quantitative estimate of drug-likeness (QED) is 0.325. The van der Waals surface area contributed by atoms with Gasteiger partial charge in [-0.1, -0.05) is 30.8 Å². The molecule has 0 N–H and O–H groups in total. The molecule has 0 atom stereocenters. The third kappa shape index (κ3) is 5.00. The van der Waals surface area contributed by atoms with Gasteiger partial charge in [0.2, 0.25) is 11.8 Å². The van der Waals surface area contributed by atoms with E-state index in [1.54, 1.807) is 17.0 Å². The van der Waals surface area contributed by atoms with Crippen molar-refractivity contribution in [3.63, 3.8) is 0 Å². The number of nitrogens with zero attached hydrogens (tertiary/aromatic N) is 4. The molecule has 31 heavy (non-hydrogen) atoms. The Morgan fingerprint density at radius 2 is 1.87 bits per heavy atom. The zero-order valence-corrected chi connectivity index (χ0v) is 18.5. The van der Waals surface area contributed by atoms with Crippen molar-refractivity contribution in [1.82, 2.24) is 15.2 Å². The molecule has 4 rings (SSSR count). The van der Waals surface area contributed by atoms with Crippen LogP contribution in [0, 0.1) is 5.82 Å². The van der Waals surface area contributed by atoms with E-state index in [1.165, 1.54) is 47.7 Å². The molecule has 0 unspecified atom stereocenters. The molecule has 0 saturated carbocycles. The molecule has 0 saturated heterocycles. The number of thioether (sulfide) groups is 1. The van der Waals surface area contributed by atoms with Crippen LogP contribution in [0.1, 0.15) is 25.1 Å². The largest absolute Gasteiger partial charge is 0.411 e. The number of hydrogen-bond donors (Lipinski definition) is 0. The van der Waals surface area contributed by atoms with Crippen molar-refractivity contribution in [2.24, 2.45) is 0 Å². The van der Waals surface area contributed by atoms with Crippen molar-refractivity contribution in [3.8, 4) is 11.5 Å². The van der Waals surface area contributed by atoms with Gasteiger partial charge in [-0.2, -0.15) is 0 Å². The van der Waals surface area contributed by atoms with E-state index in [1.807, 2.05) is 29.6 Å². The number of anilines is 2. The lowest BCUT2D eigenvalue weighted by Gasteiger charge is -2.18. The second kappa shape index (κ2) is 9.40. The number of carbonyl (C=O) groups excluding carboxylic acids is 1. The fourth-order valence-electron chi connectivity index (χ4n) is 2.89. The van der Waals surface area contributed by atoms with Crippen molar-refractivity contribution in [2.45, 2.75) is 31.2 Å². The number of halogens is 1. The van der Waals surface area contributed by atoms with Crippen LogP contribution in [0.2, 0.25) is 0 Å². The Hall–Kier alpha value is -3.04. The van der Waals surface area contributed by atoms with Crippen LogP contribution in [-0.4, -0.2) is 21.1 Å². The molecule has 0 bridgehead atoms. The van der Waals surface area contributed by atoms with Crippen molar-refractivity contribution >= 4 is 39.8 Å². The van der Waals surface area contributed by atoms with Crippen LogP contribution in [0.15, 0.2) is 63.6 Å². The zero-order valence-electron chi connectivity index (χ0n) is 16.9. The first kappa shape index (κ1) is 21.2. The Bertz CT molecular complexity index is 1170. The second-order valence-corrected chi connectivity index (χ2v) is 8.43. The molecule has 1 amide bonds. The normalized spacial score (nSPS) is 10.9. The SMILES string of the molecule is CCc1ccc(N(C(C)=O)c2nc(CSc3nnc(-c4ccc(F)cc4)o3)cs2)cc1. The topological polar surface area (TPSA) is 72.1 Å². The predicted molar refractivity (Wildman–Crippen MR) is 120 cm³/mol. The summed E-state index contributed by atoms with van der Waals surface area (Å²) in [4.78, 5) is 18.5. The van der Waals surface area contributed by atoms with E-state index in [2.05, 4.69) is 22.1 Å². The van der Waals surface area contributed by atoms with Gasteiger partial charge in [-0.3, -0.25) is 9.69 Å². The zero-order chi connectivity index (χ0) is 21.8. The first-order valence-corrected chi connectivity index (χ1v) is 11.5. The minimum atomic E-state index is -0.321. The van der Waals surface area contributed by atoms with Gasteiger partial charge in [0, 0.05) is 23.6 Å². The van der Waals surface area contributed by atoms with E-state index in [-0.39, 0.29) is 11.7 Å². The van der Waals surface area contributed by atoms with Gasteiger partial charge in [-0.25, -0.2) is 9.37 Å². The fourth-order valence-corrected chi connectivity index (χ4v) is 4.53. The molecule has 4 aromatic rings. The van der Waals surface area contributed by atoms with Crippen molar-refractivity contribution < 1.29 is 13.6 Å². The van der Waals surface area contributed by atoms with Crippen molar-refractivity contribution in [2.75, 3.05) is 4.90 Å². The molecule has 0 aliphatic carbocycles. The Kier molecular flexibility index (Phi) is 6.43. The number of aromatic nitrogens is 3. The van der Waals surface area contributed by atoms with E-state index in [4.69, 9.17) is 4.42 Å². The van der Waals surface area contributed by atoms with Gasteiger partial charge < -0.3 is 4.42 Å². The lowest BCUT2D eigenvalue weighted by molar-refractivity contribution is -0.115. The van der Waals surface area contributed by atoms with E-state index < -0.39 is 0 Å². The Morgan fingerprint density at radius 1 is 1.13 bits per heavy atom. The minimum Gasteiger partial charge on any atom is -0.411 e. The summed E-state index contributed by atoms with van der Waals surface area (Å²) >= 11 is 2.76. The maximum atomic E-state index is 13.1. The van der Waals surface area contributed by atoms with Gasteiger partial charge in [0.1, 0.15) is 5.82 Å². The number of amides is 1. The summed E-state index contributed by atoms with van der Waals surface area (Å²) in [6.07, 6.45) is 0.942. The predicted octanol–water partition coefficient (Wildman–Crippen LogP) is 5.87. The Labute approximate surface area is 187 Å².